The molecule has 3 heterocycles. The van der Waals surface area contributed by atoms with E-state index >= 15 is 0 Å². The van der Waals surface area contributed by atoms with Gasteiger partial charge in [0.05, 0.1) is 24.3 Å². The Hall–Kier alpha value is -1.27. The molecule has 0 saturated carbocycles. The summed E-state index contributed by atoms with van der Waals surface area (Å²) in [7, 11) is -4.67. The van der Waals surface area contributed by atoms with Crippen molar-refractivity contribution in [3.8, 4) is 0 Å². The van der Waals surface area contributed by atoms with Gasteiger partial charge in [0.2, 0.25) is 0 Å². The van der Waals surface area contributed by atoms with E-state index in [4.69, 9.17) is 20.3 Å². The van der Waals surface area contributed by atoms with Gasteiger partial charge in [-0.3, -0.25) is 9.09 Å². The molecule has 2 aromatic rings. The third kappa shape index (κ3) is 3.26. The van der Waals surface area contributed by atoms with Gasteiger partial charge in [-0.2, -0.15) is 12.6 Å². The van der Waals surface area contributed by atoms with Gasteiger partial charge in [0.25, 0.3) is 0 Å². The van der Waals surface area contributed by atoms with Crippen molar-refractivity contribution in [1.82, 2.24) is 19.5 Å². The van der Waals surface area contributed by atoms with Crippen molar-refractivity contribution in [3.63, 3.8) is 0 Å². The fraction of sp³-hybridized carbons (Fsp3) is 0.545. The highest BCUT2D eigenvalue weighted by Gasteiger charge is 2.44. The Labute approximate surface area is 141 Å². The van der Waals surface area contributed by atoms with Crippen molar-refractivity contribution < 1.29 is 28.7 Å². The van der Waals surface area contributed by atoms with Crippen LogP contribution in [0.5, 0.6) is 0 Å². The molecule has 0 aromatic carbocycles. The average molecular weight is 377 g/mol. The van der Waals surface area contributed by atoms with Crippen LogP contribution in [0.3, 0.4) is 0 Å². The maximum absolute atomic E-state index is 10.8. The molecule has 0 amide bonds. The van der Waals surface area contributed by atoms with Crippen LogP contribution in [0, 0.1) is 6.92 Å². The van der Waals surface area contributed by atoms with E-state index in [-0.39, 0.29) is 5.82 Å². The Morgan fingerprint density at radius 2 is 2.21 bits per heavy atom. The molecule has 0 spiro atoms. The monoisotopic (exact) mass is 377 g/mol. The first-order chi connectivity index (χ1) is 11.2. The summed E-state index contributed by atoms with van der Waals surface area (Å²) in [5.74, 6) is 0.657. The maximum Gasteiger partial charge on any atom is 0.469 e. The van der Waals surface area contributed by atoms with E-state index in [0.29, 0.717) is 17.0 Å². The van der Waals surface area contributed by atoms with Gasteiger partial charge in [-0.15, -0.1) is 0 Å². The minimum atomic E-state index is -4.67. The van der Waals surface area contributed by atoms with Crippen molar-refractivity contribution in [2.45, 2.75) is 30.6 Å². The Bertz CT molecular complexity index is 812. The molecule has 4 atom stereocenters. The number of nitrogen functional groups attached to an aromatic ring is 1. The van der Waals surface area contributed by atoms with Crippen LogP contribution >= 0.6 is 20.5 Å². The van der Waals surface area contributed by atoms with Crippen molar-refractivity contribution in [3.05, 3.63) is 12.2 Å². The summed E-state index contributed by atoms with van der Waals surface area (Å²) < 4.78 is 22.4. The Kier molecular flexibility index (Phi) is 4.55. The Balaban J connectivity index is 1.89. The van der Waals surface area contributed by atoms with E-state index < -0.39 is 38.1 Å². The minimum Gasteiger partial charge on any atom is -0.389 e. The van der Waals surface area contributed by atoms with Crippen LogP contribution in [0.25, 0.3) is 11.2 Å². The number of hydrogen-bond acceptors (Lipinski definition) is 9. The number of nitrogens with two attached hydrogens (primary N) is 1. The summed E-state index contributed by atoms with van der Waals surface area (Å²) in [6.07, 6.45) is -1.42. The third-order valence-electron chi connectivity index (χ3n) is 3.58. The van der Waals surface area contributed by atoms with E-state index in [2.05, 4.69) is 32.1 Å². The molecule has 132 valence electrons. The van der Waals surface area contributed by atoms with Gasteiger partial charge in [-0.05, 0) is 6.92 Å². The number of aromatic nitrogens is 4. The van der Waals surface area contributed by atoms with Gasteiger partial charge in [-0.1, -0.05) is 0 Å². The number of phosphoric acid groups is 1. The predicted octanol–water partition coefficient (Wildman–Crippen LogP) is -0.617. The molecule has 3 rings (SSSR count). The summed E-state index contributed by atoms with van der Waals surface area (Å²) in [5.41, 5.74) is 6.60. The molecule has 0 bridgehead atoms. The van der Waals surface area contributed by atoms with E-state index in [1.807, 2.05) is 0 Å². The molecule has 1 saturated heterocycles. The largest absolute Gasteiger partial charge is 0.469 e. The van der Waals surface area contributed by atoms with Crippen molar-refractivity contribution >= 4 is 37.4 Å². The molecule has 1 fully saturated rings. The van der Waals surface area contributed by atoms with Crippen molar-refractivity contribution in [1.29, 1.82) is 0 Å². The second kappa shape index (κ2) is 6.23. The number of rotatable bonds is 4. The number of nitrogens with zero attached hydrogens (tertiary/aromatic N) is 4. The summed E-state index contributed by atoms with van der Waals surface area (Å²) in [5, 5.41) is 9.49. The first-order valence-electron chi connectivity index (χ1n) is 6.85. The fourth-order valence-corrected chi connectivity index (χ4v) is 3.25. The topological polar surface area (TPSA) is 166 Å². The molecule has 0 unspecified atom stereocenters. The summed E-state index contributed by atoms with van der Waals surface area (Å²) >= 11 is 4.32. The van der Waals surface area contributed by atoms with Crippen LogP contribution in [-0.4, -0.2) is 58.5 Å². The van der Waals surface area contributed by atoms with Crippen LogP contribution in [0.2, 0.25) is 0 Å². The lowest BCUT2D eigenvalue weighted by atomic mass is 10.2. The number of aliphatic hydroxyl groups excluding tert-OH is 1. The maximum atomic E-state index is 10.8. The minimum absolute atomic E-state index is 0.215. The predicted molar refractivity (Wildman–Crippen MR) is 85.2 cm³/mol. The zero-order valence-corrected chi connectivity index (χ0v) is 14.2. The second-order valence-electron chi connectivity index (χ2n) is 5.31. The van der Waals surface area contributed by atoms with E-state index in [9.17, 15) is 9.67 Å². The third-order valence-corrected chi connectivity index (χ3v) is 4.62. The normalized spacial score (nSPS) is 27.9. The highest BCUT2D eigenvalue weighted by atomic mass is 32.1. The number of thiol groups is 1. The number of hydrogen-bond donors (Lipinski definition) is 5. The number of imidazole rings is 1. The lowest BCUT2D eigenvalue weighted by Crippen LogP contribution is -2.30. The molecule has 11 nitrogen and oxygen atoms in total. The molecular weight excluding hydrogens is 361 g/mol. The zero-order chi connectivity index (χ0) is 17.6. The molecule has 1 aliphatic rings. The van der Waals surface area contributed by atoms with E-state index in [0.717, 1.165) is 0 Å². The van der Waals surface area contributed by atoms with Gasteiger partial charge in [0.1, 0.15) is 17.4 Å². The number of fused-ring (bicyclic) bond motifs is 1. The fourth-order valence-electron chi connectivity index (χ4n) is 2.51. The average Bonchev–Trinajstić information content (AvgIpc) is 3.00. The zero-order valence-electron chi connectivity index (χ0n) is 12.4. The smallest absolute Gasteiger partial charge is 0.389 e. The molecule has 5 N–H and O–H groups in total. The van der Waals surface area contributed by atoms with Gasteiger partial charge >= 0.3 is 7.82 Å². The van der Waals surface area contributed by atoms with Crippen LogP contribution < -0.4 is 5.73 Å². The van der Waals surface area contributed by atoms with E-state index in [1.54, 1.807) is 11.5 Å². The SMILES string of the molecule is Cc1nc(N)c2ncn([C@@H]3O[C@H](COP(=O)(O)O)[C@@H](O)[C@H]3S)c2n1. The van der Waals surface area contributed by atoms with Gasteiger partial charge in [-0.25, -0.2) is 19.5 Å². The Morgan fingerprint density at radius 3 is 2.88 bits per heavy atom. The quantitative estimate of drug-likeness (QED) is 0.342. The first-order valence-corrected chi connectivity index (χ1v) is 8.90. The lowest BCUT2D eigenvalue weighted by molar-refractivity contribution is -0.0422. The van der Waals surface area contributed by atoms with Crippen molar-refractivity contribution in [2.75, 3.05) is 12.3 Å². The molecule has 0 aliphatic carbocycles. The summed E-state index contributed by atoms with van der Waals surface area (Å²) in [6.45, 7) is 1.19. The Morgan fingerprint density at radius 1 is 1.50 bits per heavy atom. The van der Waals surface area contributed by atoms with Gasteiger partial charge in [0.15, 0.2) is 17.7 Å². The molecule has 2 aromatic heterocycles. The first kappa shape index (κ1) is 17.5. The molecule has 13 heteroatoms. The lowest BCUT2D eigenvalue weighted by Gasteiger charge is -2.17. The molecular formula is C11H16N5O6PS. The van der Waals surface area contributed by atoms with Crippen LogP contribution in [0.4, 0.5) is 5.82 Å². The summed E-state index contributed by atoms with van der Waals surface area (Å²) in [6, 6.07) is 0. The highest BCUT2D eigenvalue weighted by molar-refractivity contribution is 7.81. The number of aliphatic hydroxyl groups is 1. The molecule has 24 heavy (non-hydrogen) atoms. The van der Waals surface area contributed by atoms with Crippen molar-refractivity contribution in [2.24, 2.45) is 0 Å². The second-order valence-corrected chi connectivity index (χ2v) is 7.15. The van der Waals surface area contributed by atoms with Gasteiger partial charge in [0, 0.05) is 0 Å². The standard InChI is InChI=1S/C11H16N5O6PS/c1-4-14-9(12)6-10(15-4)16(3-13-6)11-8(24)7(17)5(22-11)2-21-23(18,19)20/h3,5,7-8,11,17,24H,2H2,1H3,(H2,12,14,15)(H2,18,19,20)/t5-,7-,8-,11-/m1/s1. The van der Waals surface area contributed by atoms with Crippen LogP contribution in [0.15, 0.2) is 6.33 Å². The number of phosphoric ester groups is 1. The van der Waals surface area contributed by atoms with E-state index in [1.165, 1.54) is 6.33 Å². The van der Waals surface area contributed by atoms with Crippen LogP contribution in [0.1, 0.15) is 12.1 Å². The number of anilines is 1. The number of aryl methyl sites for hydroxylation is 1. The molecule has 1 aliphatic heterocycles. The number of ether oxygens (including phenoxy) is 1. The summed E-state index contributed by atoms with van der Waals surface area (Å²) in [4.78, 5) is 30.0. The molecule has 0 radical (unpaired) electrons. The van der Waals surface area contributed by atoms with Crippen LogP contribution in [-0.2, 0) is 13.8 Å². The highest BCUT2D eigenvalue weighted by Crippen LogP contribution is 2.40. The van der Waals surface area contributed by atoms with Gasteiger partial charge < -0.3 is 25.4 Å².